The Morgan fingerprint density at radius 2 is 1.75 bits per heavy atom. The second kappa shape index (κ2) is 8.74. The zero-order chi connectivity index (χ0) is 19.9. The molecule has 5 nitrogen and oxygen atoms in total. The van der Waals surface area contributed by atoms with Crippen LogP contribution in [0.15, 0.2) is 72.8 Å². The number of para-hydroxylation sites is 1. The molecule has 1 amide bonds. The Morgan fingerprint density at radius 3 is 2.46 bits per heavy atom. The molecule has 0 radical (unpaired) electrons. The van der Waals surface area contributed by atoms with E-state index in [9.17, 15) is 4.79 Å². The zero-order valence-electron chi connectivity index (χ0n) is 15.8. The second-order valence-corrected chi connectivity index (χ2v) is 6.46. The van der Waals surface area contributed by atoms with Gasteiger partial charge in [-0.1, -0.05) is 24.3 Å². The Hall–Kier alpha value is -3.78. The van der Waals surface area contributed by atoms with Gasteiger partial charge in [0.25, 0.3) is 0 Å². The van der Waals surface area contributed by atoms with Gasteiger partial charge in [-0.25, -0.2) is 0 Å². The lowest BCUT2D eigenvalue weighted by Crippen LogP contribution is -2.32. The minimum absolute atomic E-state index is 0.220. The molecule has 0 unspecified atom stereocenters. The van der Waals surface area contributed by atoms with Crippen molar-refractivity contribution in [3.8, 4) is 17.6 Å². The summed E-state index contributed by atoms with van der Waals surface area (Å²) in [6.07, 6.45) is 0. The smallest absolute Gasteiger partial charge is 0.246 e. The molecule has 0 saturated heterocycles. The molecule has 2 N–H and O–H groups in total. The SMILES string of the molecule is Cc1cccc(Oc2ccc(N[C@H](C)C(=O)Nc3ccccc3C#N)cc2)c1. The van der Waals surface area contributed by atoms with Crippen LogP contribution in [0.25, 0.3) is 0 Å². The summed E-state index contributed by atoms with van der Waals surface area (Å²) in [5.74, 6) is 1.28. The number of rotatable bonds is 6. The van der Waals surface area contributed by atoms with Gasteiger partial charge in [0.1, 0.15) is 23.6 Å². The summed E-state index contributed by atoms with van der Waals surface area (Å²) >= 11 is 0. The van der Waals surface area contributed by atoms with E-state index in [1.54, 1.807) is 31.2 Å². The molecular weight excluding hydrogens is 350 g/mol. The van der Waals surface area contributed by atoms with Crippen LogP contribution in [-0.2, 0) is 4.79 Å². The summed E-state index contributed by atoms with van der Waals surface area (Å²) in [4.78, 5) is 12.4. The van der Waals surface area contributed by atoms with Gasteiger partial charge in [-0.3, -0.25) is 4.79 Å². The van der Waals surface area contributed by atoms with Crippen molar-refractivity contribution in [1.82, 2.24) is 0 Å². The van der Waals surface area contributed by atoms with Crippen LogP contribution < -0.4 is 15.4 Å². The van der Waals surface area contributed by atoms with Gasteiger partial charge in [0, 0.05) is 5.69 Å². The number of hydrogen-bond donors (Lipinski definition) is 2. The van der Waals surface area contributed by atoms with Gasteiger partial charge < -0.3 is 15.4 Å². The average molecular weight is 371 g/mol. The number of ether oxygens (including phenoxy) is 1. The predicted molar refractivity (Wildman–Crippen MR) is 111 cm³/mol. The highest BCUT2D eigenvalue weighted by Gasteiger charge is 2.14. The molecular formula is C23H21N3O2. The van der Waals surface area contributed by atoms with Crippen molar-refractivity contribution in [3.63, 3.8) is 0 Å². The Balaban J connectivity index is 1.60. The van der Waals surface area contributed by atoms with Crippen molar-refractivity contribution in [3.05, 3.63) is 83.9 Å². The molecule has 5 heteroatoms. The van der Waals surface area contributed by atoms with Crippen molar-refractivity contribution in [1.29, 1.82) is 5.26 Å². The first kappa shape index (κ1) is 19.0. The normalized spacial score (nSPS) is 11.2. The summed E-state index contributed by atoms with van der Waals surface area (Å²) in [6, 6.07) is 23.8. The predicted octanol–water partition coefficient (Wildman–Crippen LogP) is 5.10. The van der Waals surface area contributed by atoms with Crippen LogP contribution in [0.5, 0.6) is 11.5 Å². The largest absolute Gasteiger partial charge is 0.457 e. The van der Waals surface area contributed by atoms with E-state index in [2.05, 4.69) is 16.7 Å². The summed E-state index contributed by atoms with van der Waals surface area (Å²) < 4.78 is 5.83. The van der Waals surface area contributed by atoms with E-state index >= 15 is 0 Å². The zero-order valence-corrected chi connectivity index (χ0v) is 15.8. The van der Waals surface area contributed by atoms with Crippen LogP contribution in [0, 0.1) is 18.3 Å². The third-order valence-corrected chi connectivity index (χ3v) is 4.16. The Kier molecular flexibility index (Phi) is 5.93. The van der Waals surface area contributed by atoms with Crippen LogP contribution in [0.2, 0.25) is 0 Å². The molecule has 0 aliphatic rings. The maximum absolute atomic E-state index is 12.4. The van der Waals surface area contributed by atoms with Gasteiger partial charge in [0.05, 0.1) is 11.3 Å². The molecule has 3 aromatic rings. The quantitative estimate of drug-likeness (QED) is 0.632. The van der Waals surface area contributed by atoms with Crippen LogP contribution in [0.1, 0.15) is 18.1 Å². The fraction of sp³-hybridized carbons (Fsp3) is 0.130. The first-order chi connectivity index (χ1) is 13.5. The van der Waals surface area contributed by atoms with E-state index in [4.69, 9.17) is 10.00 Å². The van der Waals surface area contributed by atoms with E-state index < -0.39 is 6.04 Å². The van der Waals surface area contributed by atoms with Crippen LogP contribution in [0.3, 0.4) is 0 Å². The number of nitrogens with zero attached hydrogens (tertiary/aromatic N) is 1. The minimum atomic E-state index is -0.477. The van der Waals surface area contributed by atoms with Crippen LogP contribution in [-0.4, -0.2) is 11.9 Å². The number of carbonyl (C=O) groups is 1. The van der Waals surface area contributed by atoms with E-state index in [1.165, 1.54) is 0 Å². The highest BCUT2D eigenvalue weighted by atomic mass is 16.5. The fourth-order valence-corrected chi connectivity index (χ4v) is 2.68. The van der Waals surface area contributed by atoms with Gasteiger partial charge >= 0.3 is 0 Å². The van der Waals surface area contributed by atoms with Crippen LogP contribution in [0.4, 0.5) is 11.4 Å². The molecule has 3 aromatic carbocycles. The van der Waals surface area contributed by atoms with Gasteiger partial charge in [-0.2, -0.15) is 5.26 Å². The van der Waals surface area contributed by atoms with Crippen molar-refractivity contribution < 1.29 is 9.53 Å². The number of hydrogen-bond acceptors (Lipinski definition) is 4. The highest BCUT2D eigenvalue weighted by Crippen LogP contribution is 2.24. The fourth-order valence-electron chi connectivity index (χ4n) is 2.68. The van der Waals surface area contributed by atoms with E-state index in [0.717, 1.165) is 22.7 Å². The standard InChI is InChI=1S/C23H21N3O2/c1-16-6-5-8-21(14-16)28-20-12-10-19(11-13-20)25-17(2)23(27)26-22-9-4-3-7-18(22)15-24/h3-14,17,25H,1-2H3,(H,26,27)/t17-/m1/s1. The third kappa shape index (κ3) is 4.89. The Labute approximate surface area is 164 Å². The summed E-state index contributed by atoms with van der Waals surface area (Å²) in [5, 5.41) is 15.1. The summed E-state index contributed by atoms with van der Waals surface area (Å²) in [6.45, 7) is 3.78. The first-order valence-electron chi connectivity index (χ1n) is 8.96. The molecule has 0 fully saturated rings. The molecule has 0 aliphatic heterocycles. The number of nitriles is 1. The lowest BCUT2D eigenvalue weighted by Gasteiger charge is -2.16. The monoisotopic (exact) mass is 371 g/mol. The lowest BCUT2D eigenvalue weighted by atomic mass is 10.2. The van der Waals surface area contributed by atoms with E-state index in [0.29, 0.717) is 11.3 Å². The molecule has 3 rings (SSSR count). The first-order valence-corrected chi connectivity index (χ1v) is 8.96. The Morgan fingerprint density at radius 1 is 1.00 bits per heavy atom. The van der Waals surface area contributed by atoms with Gasteiger partial charge in [-0.15, -0.1) is 0 Å². The molecule has 0 saturated carbocycles. The van der Waals surface area contributed by atoms with Crippen molar-refractivity contribution in [2.45, 2.75) is 19.9 Å². The lowest BCUT2D eigenvalue weighted by molar-refractivity contribution is -0.116. The average Bonchev–Trinajstić information content (AvgIpc) is 2.70. The maximum Gasteiger partial charge on any atom is 0.246 e. The molecule has 0 bridgehead atoms. The van der Waals surface area contributed by atoms with Gasteiger partial charge in [0.15, 0.2) is 0 Å². The number of nitrogens with one attached hydrogen (secondary N) is 2. The summed E-state index contributed by atoms with van der Waals surface area (Å²) in [7, 11) is 0. The molecule has 0 aliphatic carbocycles. The number of benzene rings is 3. The van der Waals surface area contributed by atoms with E-state index in [-0.39, 0.29) is 5.91 Å². The van der Waals surface area contributed by atoms with Gasteiger partial charge in [0.2, 0.25) is 5.91 Å². The van der Waals surface area contributed by atoms with Crippen molar-refractivity contribution in [2.75, 3.05) is 10.6 Å². The van der Waals surface area contributed by atoms with Gasteiger partial charge in [-0.05, 0) is 67.9 Å². The molecule has 1 atom stereocenters. The summed E-state index contributed by atoms with van der Waals surface area (Å²) in [5.41, 5.74) is 2.87. The van der Waals surface area contributed by atoms with Crippen LogP contribution >= 0.6 is 0 Å². The second-order valence-electron chi connectivity index (χ2n) is 6.46. The van der Waals surface area contributed by atoms with Crippen molar-refractivity contribution >= 4 is 17.3 Å². The maximum atomic E-state index is 12.4. The minimum Gasteiger partial charge on any atom is -0.457 e. The Bertz CT molecular complexity index is 1010. The van der Waals surface area contributed by atoms with E-state index in [1.807, 2.05) is 55.5 Å². The highest BCUT2D eigenvalue weighted by molar-refractivity contribution is 5.97. The van der Waals surface area contributed by atoms with Crippen molar-refractivity contribution in [2.24, 2.45) is 0 Å². The number of amides is 1. The number of aryl methyl sites for hydroxylation is 1. The molecule has 0 spiro atoms. The number of anilines is 2. The molecule has 0 heterocycles. The molecule has 0 aromatic heterocycles. The third-order valence-electron chi connectivity index (χ3n) is 4.16. The molecule has 28 heavy (non-hydrogen) atoms. The topological polar surface area (TPSA) is 74.2 Å². The number of carbonyl (C=O) groups excluding carboxylic acids is 1. The molecule has 140 valence electrons.